The summed E-state index contributed by atoms with van der Waals surface area (Å²) in [6.07, 6.45) is -0.0151. The number of hydrogen-bond donors (Lipinski definition) is 1. The van der Waals surface area contributed by atoms with Gasteiger partial charge in [-0.05, 0) is 62.2 Å². The first-order chi connectivity index (χ1) is 12.0. The minimum atomic E-state index is -0.624. The van der Waals surface area contributed by atoms with Crippen molar-refractivity contribution < 1.29 is 18.7 Å². The van der Waals surface area contributed by atoms with Crippen molar-refractivity contribution in [3.05, 3.63) is 59.9 Å². The minimum absolute atomic E-state index is 0.0958. The molecular weight excluding hydrogens is 321 g/mol. The molecular formula is C20H24FNO3. The molecule has 1 N–H and O–H groups in total. The largest absolute Gasteiger partial charge is 0.491 e. The first-order valence-corrected chi connectivity index (χ1v) is 8.43. The third-order valence-electron chi connectivity index (χ3n) is 3.49. The Balaban J connectivity index is 1.92. The topological polar surface area (TPSA) is 47.6 Å². The Morgan fingerprint density at radius 1 is 1.08 bits per heavy atom. The van der Waals surface area contributed by atoms with Gasteiger partial charge in [-0.2, -0.15) is 0 Å². The number of carbonyl (C=O) groups excluding carboxylic acids is 1. The summed E-state index contributed by atoms with van der Waals surface area (Å²) in [5.41, 5.74) is 0.947. The first-order valence-electron chi connectivity index (χ1n) is 8.43. The van der Waals surface area contributed by atoms with Crippen molar-refractivity contribution in [3.63, 3.8) is 0 Å². The van der Waals surface area contributed by atoms with E-state index in [1.165, 1.54) is 24.3 Å². The van der Waals surface area contributed by atoms with E-state index in [9.17, 15) is 9.18 Å². The van der Waals surface area contributed by atoms with Crippen LogP contribution in [0.2, 0.25) is 0 Å². The van der Waals surface area contributed by atoms with E-state index in [0.717, 1.165) is 11.3 Å². The number of benzene rings is 2. The molecule has 4 nitrogen and oxygen atoms in total. The van der Waals surface area contributed by atoms with Crippen molar-refractivity contribution in [1.29, 1.82) is 0 Å². The molecule has 0 fully saturated rings. The van der Waals surface area contributed by atoms with Crippen LogP contribution in [0.15, 0.2) is 48.5 Å². The Hall–Kier alpha value is -2.56. The summed E-state index contributed by atoms with van der Waals surface area (Å²) in [7, 11) is 0. The molecule has 0 saturated heterocycles. The van der Waals surface area contributed by atoms with Gasteiger partial charge in [0.2, 0.25) is 0 Å². The summed E-state index contributed by atoms with van der Waals surface area (Å²) in [4.78, 5) is 12.3. The van der Waals surface area contributed by atoms with Crippen LogP contribution in [0.4, 0.5) is 4.39 Å². The zero-order valence-corrected chi connectivity index (χ0v) is 14.8. The van der Waals surface area contributed by atoms with Gasteiger partial charge in [0, 0.05) is 6.54 Å². The Labute approximate surface area is 148 Å². The molecule has 0 spiro atoms. The smallest absolute Gasteiger partial charge is 0.261 e. The highest BCUT2D eigenvalue weighted by molar-refractivity contribution is 5.81. The Kier molecular flexibility index (Phi) is 6.81. The second-order valence-corrected chi connectivity index (χ2v) is 6.00. The lowest BCUT2D eigenvalue weighted by molar-refractivity contribution is -0.128. The Morgan fingerprint density at radius 3 is 2.44 bits per heavy atom. The standard InChI is InChI=1S/C20H24FNO3/c1-4-19(25-17-10-8-16(21)9-11-17)20(23)22-13-15-6-5-7-18(12-15)24-14(2)3/h5-12,14,19H,4,13H2,1-3H3,(H,22,23)/t19-/m0/s1. The van der Waals surface area contributed by atoms with Crippen molar-refractivity contribution in [2.45, 2.75) is 45.9 Å². The summed E-state index contributed by atoms with van der Waals surface area (Å²) in [6, 6.07) is 13.2. The van der Waals surface area contributed by atoms with Crippen molar-refractivity contribution in [3.8, 4) is 11.5 Å². The molecule has 1 atom stereocenters. The maximum Gasteiger partial charge on any atom is 0.261 e. The first kappa shape index (κ1) is 18.8. The van der Waals surface area contributed by atoms with Crippen LogP contribution in [-0.2, 0) is 11.3 Å². The van der Waals surface area contributed by atoms with E-state index in [1.54, 1.807) is 0 Å². The lowest BCUT2D eigenvalue weighted by Crippen LogP contribution is -2.37. The predicted molar refractivity (Wildman–Crippen MR) is 95.2 cm³/mol. The van der Waals surface area contributed by atoms with Crippen LogP contribution in [-0.4, -0.2) is 18.1 Å². The number of carbonyl (C=O) groups is 1. The molecule has 0 bridgehead atoms. The number of hydrogen-bond acceptors (Lipinski definition) is 3. The number of ether oxygens (including phenoxy) is 2. The molecule has 2 aromatic rings. The highest BCUT2D eigenvalue weighted by Crippen LogP contribution is 2.16. The number of nitrogens with one attached hydrogen (secondary N) is 1. The van der Waals surface area contributed by atoms with Gasteiger partial charge in [0.05, 0.1) is 6.10 Å². The van der Waals surface area contributed by atoms with E-state index in [2.05, 4.69) is 5.32 Å². The van der Waals surface area contributed by atoms with Gasteiger partial charge in [0.15, 0.2) is 6.10 Å². The predicted octanol–water partition coefficient (Wildman–Crippen LogP) is 4.09. The second kappa shape index (κ2) is 9.06. The van der Waals surface area contributed by atoms with E-state index in [1.807, 2.05) is 45.0 Å². The molecule has 25 heavy (non-hydrogen) atoms. The van der Waals surface area contributed by atoms with Crippen molar-refractivity contribution in [1.82, 2.24) is 5.32 Å². The fourth-order valence-electron chi connectivity index (χ4n) is 2.30. The molecule has 0 aliphatic heterocycles. The van der Waals surface area contributed by atoms with Crippen LogP contribution < -0.4 is 14.8 Å². The lowest BCUT2D eigenvalue weighted by Gasteiger charge is -2.17. The molecule has 0 heterocycles. The second-order valence-electron chi connectivity index (χ2n) is 6.00. The van der Waals surface area contributed by atoms with Crippen LogP contribution >= 0.6 is 0 Å². The molecule has 5 heteroatoms. The molecule has 2 aromatic carbocycles. The molecule has 1 amide bonds. The van der Waals surface area contributed by atoms with Crippen molar-refractivity contribution in [2.75, 3.05) is 0 Å². The van der Waals surface area contributed by atoms with Gasteiger partial charge in [0.1, 0.15) is 17.3 Å². The van der Waals surface area contributed by atoms with E-state index >= 15 is 0 Å². The van der Waals surface area contributed by atoms with Gasteiger partial charge in [-0.25, -0.2) is 4.39 Å². The zero-order valence-electron chi connectivity index (χ0n) is 14.8. The van der Waals surface area contributed by atoms with Crippen LogP contribution in [0.1, 0.15) is 32.8 Å². The van der Waals surface area contributed by atoms with E-state index in [0.29, 0.717) is 18.7 Å². The van der Waals surface area contributed by atoms with Gasteiger partial charge < -0.3 is 14.8 Å². The summed E-state index contributed by atoms with van der Waals surface area (Å²) in [6.45, 7) is 6.18. The minimum Gasteiger partial charge on any atom is -0.491 e. The Bertz CT molecular complexity index is 686. The third-order valence-corrected chi connectivity index (χ3v) is 3.49. The van der Waals surface area contributed by atoms with E-state index < -0.39 is 6.10 Å². The van der Waals surface area contributed by atoms with E-state index in [-0.39, 0.29) is 17.8 Å². The monoisotopic (exact) mass is 345 g/mol. The summed E-state index contributed by atoms with van der Waals surface area (Å²) in [5.74, 6) is 0.697. The summed E-state index contributed by atoms with van der Waals surface area (Å²) < 4.78 is 24.2. The molecule has 0 aliphatic rings. The molecule has 0 aromatic heterocycles. The Morgan fingerprint density at radius 2 is 1.80 bits per heavy atom. The van der Waals surface area contributed by atoms with Crippen LogP contribution in [0, 0.1) is 5.82 Å². The van der Waals surface area contributed by atoms with Crippen LogP contribution in [0.5, 0.6) is 11.5 Å². The molecule has 2 rings (SSSR count). The number of halogens is 1. The molecule has 0 unspecified atom stereocenters. The zero-order chi connectivity index (χ0) is 18.2. The van der Waals surface area contributed by atoms with Crippen LogP contribution in [0.25, 0.3) is 0 Å². The molecule has 0 radical (unpaired) electrons. The summed E-state index contributed by atoms with van der Waals surface area (Å²) >= 11 is 0. The quantitative estimate of drug-likeness (QED) is 0.784. The SMILES string of the molecule is CC[C@H](Oc1ccc(F)cc1)C(=O)NCc1cccc(OC(C)C)c1. The summed E-state index contributed by atoms with van der Waals surface area (Å²) in [5, 5.41) is 2.87. The third kappa shape index (κ3) is 6.10. The molecule has 134 valence electrons. The average Bonchev–Trinajstić information content (AvgIpc) is 2.59. The molecule has 0 aliphatic carbocycles. The van der Waals surface area contributed by atoms with Crippen molar-refractivity contribution >= 4 is 5.91 Å². The molecule has 0 saturated carbocycles. The highest BCUT2D eigenvalue weighted by atomic mass is 19.1. The average molecular weight is 345 g/mol. The fourth-order valence-corrected chi connectivity index (χ4v) is 2.30. The van der Waals surface area contributed by atoms with Gasteiger partial charge in [-0.3, -0.25) is 4.79 Å². The number of rotatable bonds is 8. The lowest BCUT2D eigenvalue weighted by atomic mass is 10.2. The highest BCUT2D eigenvalue weighted by Gasteiger charge is 2.18. The van der Waals surface area contributed by atoms with Crippen LogP contribution in [0.3, 0.4) is 0 Å². The van der Waals surface area contributed by atoms with Gasteiger partial charge in [0.25, 0.3) is 5.91 Å². The van der Waals surface area contributed by atoms with Gasteiger partial charge in [-0.1, -0.05) is 19.1 Å². The fraction of sp³-hybridized carbons (Fsp3) is 0.350. The normalized spacial score (nSPS) is 11.9. The maximum atomic E-state index is 12.9. The van der Waals surface area contributed by atoms with Crippen molar-refractivity contribution in [2.24, 2.45) is 0 Å². The van der Waals surface area contributed by atoms with Gasteiger partial charge >= 0.3 is 0 Å². The number of amides is 1. The van der Waals surface area contributed by atoms with E-state index in [4.69, 9.17) is 9.47 Å². The maximum absolute atomic E-state index is 12.9. The van der Waals surface area contributed by atoms with Gasteiger partial charge in [-0.15, -0.1) is 0 Å².